The first-order chi connectivity index (χ1) is 20.7. The summed E-state index contributed by atoms with van der Waals surface area (Å²) in [6.45, 7) is 3.21. The maximum atomic E-state index is 15.7. The van der Waals surface area contributed by atoms with Crippen molar-refractivity contribution in [3.8, 4) is 22.6 Å². The van der Waals surface area contributed by atoms with Crippen LogP contribution in [0.25, 0.3) is 11.1 Å². The van der Waals surface area contributed by atoms with Crippen LogP contribution in [0, 0.1) is 25.5 Å². The zero-order valence-electron chi connectivity index (χ0n) is 22.9. The lowest BCUT2D eigenvalue weighted by molar-refractivity contribution is -0.138. The van der Waals surface area contributed by atoms with E-state index in [0.29, 0.717) is 33.5 Å². The van der Waals surface area contributed by atoms with E-state index in [0.717, 1.165) is 12.1 Å². The van der Waals surface area contributed by atoms with Crippen molar-refractivity contribution in [2.24, 2.45) is 0 Å². The van der Waals surface area contributed by atoms with E-state index in [-0.39, 0.29) is 22.6 Å². The summed E-state index contributed by atoms with van der Waals surface area (Å²) in [7, 11) is 0. The van der Waals surface area contributed by atoms with E-state index in [1.807, 2.05) is 0 Å². The molecule has 5 rings (SSSR count). The van der Waals surface area contributed by atoms with Gasteiger partial charge in [-0.1, -0.05) is 23.7 Å². The zero-order chi connectivity index (χ0) is 32.1. The number of hydrogen-bond donors (Lipinski definition) is 2. The van der Waals surface area contributed by atoms with Crippen LogP contribution >= 0.6 is 11.6 Å². The van der Waals surface area contributed by atoms with Crippen LogP contribution in [0.3, 0.4) is 0 Å². The van der Waals surface area contributed by atoms with Gasteiger partial charge in [-0.25, -0.2) is 8.78 Å². The fourth-order valence-electron chi connectivity index (χ4n) is 5.24. The highest BCUT2D eigenvalue weighted by molar-refractivity contribution is 6.31. The topological polar surface area (TPSA) is 97.6 Å². The van der Waals surface area contributed by atoms with Crippen LogP contribution in [0.1, 0.15) is 46.3 Å². The van der Waals surface area contributed by atoms with Gasteiger partial charge in [-0.05, 0) is 73.0 Å². The molecule has 1 amide bonds. The number of carbonyl (C=O) groups excluding carboxylic acids is 1. The lowest BCUT2D eigenvalue weighted by atomic mass is 9.92. The minimum Gasteiger partial charge on any atom is -0.481 e. The van der Waals surface area contributed by atoms with Crippen molar-refractivity contribution in [3.05, 3.63) is 116 Å². The SMILES string of the molecule is Cc1cc2cc(c1F)[C@H](CC(=O)O)NC(=O)[C@H](n1ccc(C(F)(F)F)c(Cl)c1=O)c1cc(ccc1F)Oc1cccc(C)c1-2. The Bertz CT molecular complexity index is 1890. The molecular weight excluding hydrogens is 611 g/mol. The van der Waals surface area contributed by atoms with Crippen LogP contribution in [-0.4, -0.2) is 21.6 Å². The molecule has 2 atom stereocenters. The minimum absolute atomic E-state index is 0.00232. The summed E-state index contributed by atoms with van der Waals surface area (Å²) in [4.78, 5) is 39.0. The third-order valence-electron chi connectivity index (χ3n) is 7.26. The molecule has 0 radical (unpaired) electrons. The number of aromatic nitrogens is 1. The Labute approximate surface area is 251 Å². The molecule has 0 saturated carbocycles. The average molecular weight is 633 g/mol. The first kappa shape index (κ1) is 30.7. The van der Waals surface area contributed by atoms with Gasteiger partial charge in [-0.2, -0.15) is 13.2 Å². The Morgan fingerprint density at radius 1 is 1.02 bits per heavy atom. The fourth-order valence-corrected chi connectivity index (χ4v) is 5.51. The van der Waals surface area contributed by atoms with Crippen molar-refractivity contribution in [2.75, 3.05) is 0 Å². The van der Waals surface area contributed by atoms with Crippen molar-refractivity contribution in [2.45, 2.75) is 38.5 Å². The first-order valence-corrected chi connectivity index (χ1v) is 13.4. The molecule has 4 aromatic rings. The number of carbonyl (C=O) groups is 2. The van der Waals surface area contributed by atoms with Crippen LogP contribution in [0.15, 0.2) is 65.6 Å². The van der Waals surface area contributed by atoms with Gasteiger partial charge in [0.1, 0.15) is 34.2 Å². The molecule has 4 bridgehead atoms. The van der Waals surface area contributed by atoms with Gasteiger partial charge in [0.05, 0.1) is 18.0 Å². The summed E-state index contributed by atoms with van der Waals surface area (Å²) in [5.74, 6) is -4.28. The number of ether oxygens (including phenoxy) is 1. The summed E-state index contributed by atoms with van der Waals surface area (Å²) < 4.78 is 78.1. The molecule has 0 saturated heterocycles. The largest absolute Gasteiger partial charge is 0.481 e. The smallest absolute Gasteiger partial charge is 0.418 e. The van der Waals surface area contributed by atoms with Gasteiger partial charge in [0.2, 0.25) is 5.91 Å². The van der Waals surface area contributed by atoms with Crippen molar-refractivity contribution in [1.29, 1.82) is 0 Å². The fraction of sp³-hybridized carbons (Fsp3) is 0.194. The van der Waals surface area contributed by atoms with E-state index >= 15 is 8.78 Å². The Kier molecular flexibility index (Phi) is 7.98. The summed E-state index contributed by atoms with van der Waals surface area (Å²) in [5, 5.41) is 10.8. The monoisotopic (exact) mass is 632 g/mol. The molecule has 2 heterocycles. The molecule has 3 aromatic carbocycles. The Hall–Kier alpha value is -4.71. The molecular formula is C31H22ClF5N2O5. The number of alkyl halides is 3. The van der Waals surface area contributed by atoms with Crippen molar-refractivity contribution >= 4 is 23.5 Å². The molecule has 1 aromatic heterocycles. The predicted octanol–water partition coefficient (Wildman–Crippen LogP) is 7.11. The molecule has 0 aliphatic carbocycles. The average Bonchev–Trinajstić information content (AvgIpc) is 2.93. The number of benzene rings is 3. The summed E-state index contributed by atoms with van der Waals surface area (Å²) in [6, 6.07) is 8.08. The molecule has 0 fully saturated rings. The van der Waals surface area contributed by atoms with Crippen molar-refractivity contribution < 1.29 is 41.4 Å². The van der Waals surface area contributed by atoms with Crippen molar-refractivity contribution in [3.63, 3.8) is 0 Å². The van der Waals surface area contributed by atoms with Gasteiger partial charge >= 0.3 is 12.1 Å². The number of hydrogen-bond acceptors (Lipinski definition) is 4. The second-order valence-corrected chi connectivity index (χ2v) is 10.6. The van der Waals surface area contributed by atoms with Gasteiger partial charge in [0.15, 0.2) is 0 Å². The standard InChI is InChI=1S/C31H22ClF5N2O5/c1-14-4-3-5-23-25(14)16-10-15(2)27(34)19(11-16)22(13-24(40)41)38-29(42)28(18-12-17(44-23)6-7-21(18)33)39-9-8-20(31(35,36)37)26(32)30(39)43/h3-12,22,28H,13H2,1-2H3,(H,38,42)(H,40,41)/t22-,28+/m0/s1. The molecule has 1 aliphatic rings. The Balaban J connectivity index is 1.83. The molecule has 2 N–H and O–H groups in total. The third-order valence-corrected chi connectivity index (χ3v) is 7.62. The quantitative estimate of drug-likeness (QED) is 0.235. The number of nitrogens with zero attached hydrogens (tertiary/aromatic N) is 1. The molecule has 13 heteroatoms. The molecule has 0 spiro atoms. The van der Waals surface area contributed by atoms with E-state index in [1.165, 1.54) is 25.1 Å². The van der Waals surface area contributed by atoms with Crippen LogP contribution in [0.2, 0.25) is 5.02 Å². The Morgan fingerprint density at radius 2 is 1.75 bits per heavy atom. The lowest BCUT2D eigenvalue weighted by Gasteiger charge is -2.25. The molecule has 44 heavy (non-hydrogen) atoms. The Morgan fingerprint density at radius 3 is 2.43 bits per heavy atom. The second-order valence-electron chi connectivity index (χ2n) is 10.2. The number of carboxylic acid groups (broad SMARTS) is 1. The molecule has 228 valence electrons. The maximum absolute atomic E-state index is 15.7. The van der Waals surface area contributed by atoms with Crippen LogP contribution in [0.4, 0.5) is 22.0 Å². The van der Waals surface area contributed by atoms with E-state index in [2.05, 4.69) is 5.32 Å². The number of fused-ring (bicyclic) bond motifs is 6. The predicted molar refractivity (Wildman–Crippen MR) is 150 cm³/mol. The van der Waals surface area contributed by atoms with Gasteiger partial charge < -0.3 is 15.2 Å². The number of amides is 1. The second kappa shape index (κ2) is 11.4. The molecule has 0 unspecified atom stereocenters. The highest BCUT2D eigenvalue weighted by Gasteiger charge is 2.37. The van der Waals surface area contributed by atoms with Gasteiger partial charge in [0.25, 0.3) is 5.56 Å². The minimum atomic E-state index is -5.01. The van der Waals surface area contributed by atoms with E-state index in [4.69, 9.17) is 16.3 Å². The third kappa shape index (κ3) is 5.64. The lowest BCUT2D eigenvalue weighted by Crippen LogP contribution is -2.41. The number of carboxylic acids is 1. The normalized spacial score (nSPS) is 16.5. The number of aliphatic carboxylic acids is 1. The van der Waals surface area contributed by atoms with Crippen LogP contribution in [-0.2, 0) is 15.8 Å². The number of pyridine rings is 1. The van der Waals surface area contributed by atoms with Crippen LogP contribution < -0.4 is 15.6 Å². The zero-order valence-corrected chi connectivity index (χ0v) is 23.7. The molecule has 1 aliphatic heterocycles. The van der Waals surface area contributed by atoms with Crippen LogP contribution in [0.5, 0.6) is 11.5 Å². The van der Waals surface area contributed by atoms with E-state index in [1.54, 1.807) is 25.1 Å². The number of aryl methyl sites for hydroxylation is 2. The van der Waals surface area contributed by atoms with E-state index < -0.39 is 69.9 Å². The maximum Gasteiger partial charge on any atom is 0.418 e. The highest BCUT2D eigenvalue weighted by atomic mass is 35.5. The molecule has 7 nitrogen and oxygen atoms in total. The van der Waals surface area contributed by atoms with E-state index in [9.17, 15) is 32.7 Å². The number of halogens is 6. The first-order valence-electron chi connectivity index (χ1n) is 13.0. The number of rotatable bonds is 3. The summed E-state index contributed by atoms with van der Waals surface area (Å²) >= 11 is 5.80. The summed E-state index contributed by atoms with van der Waals surface area (Å²) in [5.41, 5.74) is -1.95. The van der Waals surface area contributed by atoms with Gasteiger partial charge in [0, 0.05) is 22.9 Å². The van der Waals surface area contributed by atoms with Crippen molar-refractivity contribution in [1.82, 2.24) is 9.88 Å². The van der Waals surface area contributed by atoms with Gasteiger partial charge in [-0.3, -0.25) is 19.0 Å². The highest BCUT2D eigenvalue weighted by Crippen LogP contribution is 2.40. The summed E-state index contributed by atoms with van der Waals surface area (Å²) in [6.07, 6.45) is -5.22. The number of nitrogens with one attached hydrogen (secondary N) is 1. The van der Waals surface area contributed by atoms with Gasteiger partial charge in [-0.15, -0.1) is 0 Å².